The highest BCUT2D eigenvalue weighted by Crippen LogP contribution is 2.25. The Morgan fingerprint density at radius 1 is 1.38 bits per heavy atom. The monoisotopic (exact) mass is 234 g/mol. The molecule has 2 aromatic rings. The van der Waals surface area contributed by atoms with Crippen LogP contribution in [-0.4, -0.2) is 16.7 Å². The van der Waals surface area contributed by atoms with E-state index < -0.39 is 0 Å². The van der Waals surface area contributed by atoms with Gasteiger partial charge in [-0.25, -0.2) is 4.98 Å². The molecule has 0 aliphatic rings. The highest BCUT2D eigenvalue weighted by atomic mass is 32.1. The lowest BCUT2D eigenvalue weighted by atomic mass is 10.1. The molecule has 0 aliphatic carbocycles. The predicted molar refractivity (Wildman–Crippen MR) is 66.3 cm³/mol. The number of aromatic nitrogens is 1. The van der Waals surface area contributed by atoms with E-state index in [2.05, 4.69) is 24.0 Å². The topological polar surface area (TPSA) is 59.1 Å². The van der Waals surface area contributed by atoms with Gasteiger partial charge in [0.15, 0.2) is 0 Å². The Kier molecular flexibility index (Phi) is 3.33. The van der Waals surface area contributed by atoms with Crippen molar-refractivity contribution in [2.24, 2.45) is 5.73 Å². The number of benzene rings is 1. The highest BCUT2D eigenvalue weighted by Gasteiger charge is 2.10. The first kappa shape index (κ1) is 11.3. The van der Waals surface area contributed by atoms with Crippen LogP contribution in [-0.2, 0) is 0 Å². The number of aliphatic hydroxyl groups excluding tert-OH is 1. The summed E-state index contributed by atoms with van der Waals surface area (Å²) in [7, 11) is 0. The zero-order valence-electron chi connectivity index (χ0n) is 9.05. The van der Waals surface area contributed by atoms with Gasteiger partial charge in [-0.1, -0.05) is 29.8 Å². The lowest BCUT2D eigenvalue weighted by Gasteiger charge is -2.02. The smallest absolute Gasteiger partial charge is 0.123 e. The Labute approximate surface area is 98.6 Å². The number of aryl methyl sites for hydroxylation is 1. The fraction of sp³-hybridized carbons (Fsp3) is 0.250. The van der Waals surface area contributed by atoms with Crippen LogP contribution in [0.4, 0.5) is 0 Å². The SMILES string of the molecule is Cc1ccc(-c2nc(C(N)CO)cs2)cc1. The molecule has 16 heavy (non-hydrogen) atoms. The normalized spacial score (nSPS) is 12.7. The van der Waals surface area contributed by atoms with Gasteiger partial charge in [0.2, 0.25) is 0 Å². The second kappa shape index (κ2) is 4.74. The van der Waals surface area contributed by atoms with Crippen molar-refractivity contribution in [1.29, 1.82) is 0 Å². The van der Waals surface area contributed by atoms with Gasteiger partial charge in [-0.05, 0) is 6.92 Å². The first-order chi connectivity index (χ1) is 7.70. The van der Waals surface area contributed by atoms with Gasteiger partial charge < -0.3 is 10.8 Å². The van der Waals surface area contributed by atoms with E-state index in [4.69, 9.17) is 10.8 Å². The standard InChI is InChI=1S/C12H14N2OS/c1-8-2-4-9(5-3-8)12-14-11(7-16-12)10(13)6-15/h2-5,7,10,15H,6,13H2,1H3. The maximum Gasteiger partial charge on any atom is 0.123 e. The second-order valence-corrected chi connectivity index (χ2v) is 4.59. The molecule has 0 bridgehead atoms. The molecule has 1 atom stereocenters. The Morgan fingerprint density at radius 2 is 2.06 bits per heavy atom. The fourth-order valence-corrected chi connectivity index (χ4v) is 2.27. The molecule has 3 nitrogen and oxygen atoms in total. The van der Waals surface area contributed by atoms with Gasteiger partial charge in [0.1, 0.15) is 5.01 Å². The fourth-order valence-electron chi connectivity index (χ4n) is 1.38. The third-order valence-corrected chi connectivity index (χ3v) is 3.31. The summed E-state index contributed by atoms with van der Waals surface area (Å²) in [4.78, 5) is 4.41. The van der Waals surface area contributed by atoms with E-state index in [0.717, 1.165) is 16.3 Å². The van der Waals surface area contributed by atoms with Crippen molar-refractivity contribution in [3.63, 3.8) is 0 Å². The third kappa shape index (κ3) is 2.29. The summed E-state index contributed by atoms with van der Waals surface area (Å²) in [5, 5.41) is 11.8. The van der Waals surface area contributed by atoms with E-state index in [-0.39, 0.29) is 12.6 Å². The first-order valence-electron chi connectivity index (χ1n) is 5.09. The summed E-state index contributed by atoms with van der Waals surface area (Å²) in [6.45, 7) is 1.98. The number of aliphatic hydroxyl groups is 1. The maximum absolute atomic E-state index is 8.94. The van der Waals surface area contributed by atoms with Crippen LogP contribution >= 0.6 is 11.3 Å². The molecule has 0 saturated heterocycles. The van der Waals surface area contributed by atoms with Gasteiger partial charge >= 0.3 is 0 Å². The molecule has 0 fully saturated rings. The summed E-state index contributed by atoms with van der Waals surface area (Å²) >= 11 is 1.55. The van der Waals surface area contributed by atoms with Gasteiger partial charge in [-0.2, -0.15) is 0 Å². The van der Waals surface area contributed by atoms with E-state index >= 15 is 0 Å². The van der Waals surface area contributed by atoms with Crippen molar-refractivity contribution in [1.82, 2.24) is 4.98 Å². The molecule has 1 heterocycles. The number of nitrogens with two attached hydrogens (primary N) is 1. The molecule has 1 aromatic heterocycles. The largest absolute Gasteiger partial charge is 0.394 e. The Morgan fingerprint density at radius 3 is 2.69 bits per heavy atom. The van der Waals surface area contributed by atoms with Crippen LogP contribution in [0.3, 0.4) is 0 Å². The molecule has 0 saturated carbocycles. The zero-order chi connectivity index (χ0) is 11.5. The highest BCUT2D eigenvalue weighted by molar-refractivity contribution is 7.13. The molecule has 1 unspecified atom stereocenters. The van der Waals surface area contributed by atoms with Crippen molar-refractivity contribution in [2.75, 3.05) is 6.61 Å². The Balaban J connectivity index is 2.28. The molecular formula is C12H14N2OS. The van der Waals surface area contributed by atoms with Crippen LogP contribution in [0.5, 0.6) is 0 Å². The minimum Gasteiger partial charge on any atom is -0.394 e. The predicted octanol–water partition coefficient (Wildman–Crippen LogP) is 2.11. The zero-order valence-corrected chi connectivity index (χ0v) is 9.87. The van der Waals surface area contributed by atoms with Crippen molar-refractivity contribution >= 4 is 11.3 Å². The van der Waals surface area contributed by atoms with Crippen LogP contribution in [0.1, 0.15) is 17.3 Å². The van der Waals surface area contributed by atoms with Crippen LogP contribution in [0, 0.1) is 6.92 Å². The lowest BCUT2D eigenvalue weighted by molar-refractivity contribution is 0.266. The van der Waals surface area contributed by atoms with Crippen LogP contribution < -0.4 is 5.73 Å². The maximum atomic E-state index is 8.94. The van der Waals surface area contributed by atoms with Gasteiger partial charge in [-0.15, -0.1) is 11.3 Å². The molecule has 0 aliphatic heterocycles. The summed E-state index contributed by atoms with van der Waals surface area (Å²) in [5.41, 5.74) is 8.78. The van der Waals surface area contributed by atoms with Crippen molar-refractivity contribution in [2.45, 2.75) is 13.0 Å². The number of thiazole rings is 1. The minimum absolute atomic E-state index is 0.0724. The summed E-state index contributed by atoms with van der Waals surface area (Å²) < 4.78 is 0. The van der Waals surface area contributed by atoms with Gasteiger partial charge in [0, 0.05) is 10.9 Å². The Hall–Kier alpha value is -1.23. The van der Waals surface area contributed by atoms with Crippen LogP contribution in [0.15, 0.2) is 29.6 Å². The summed E-state index contributed by atoms with van der Waals surface area (Å²) in [6.07, 6.45) is 0. The molecule has 3 N–H and O–H groups in total. The molecular weight excluding hydrogens is 220 g/mol. The summed E-state index contributed by atoms with van der Waals surface area (Å²) in [5.74, 6) is 0. The van der Waals surface area contributed by atoms with E-state index in [1.165, 1.54) is 5.56 Å². The van der Waals surface area contributed by atoms with Gasteiger partial charge in [0.25, 0.3) is 0 Å². The van der Waals surface area contributed by atoms with Gasteiger partial charge in [0.05, 0.1) is 18.3 Å². The van der Waals surface area contributed by atoms with E-state index in [9.17, 15) is 0 Å². The van der Waals surface area contributed by atoms with Gasteiger partial charge in [-0.3, -0.25) is 0 Å². The Bertz CT molecular complexity index is 464. The average molecular weight is 234 g/mol. The molecule has 0 spiro atoms. The number of nitrogens with zero attached hydrogens (tertiary/aromatic N) is 1. The molecule has 0 amide bonds. The lowest BCUT2D eigenvalue weighted by Crippen LogP contribution is -2.14. The van der Waals surface area contributed by atoms with Crippen molar-refractivity contribution < 1.29 is 5.11 Å². The minimum atomic E-state index is -0.379. The quantitative estimate of drug-likeness (QED) is 0.855. The molecule has 2 rings (SSSR count). The molecule has 1 aromatic carbocycles. The number of rotatable bonds is 3. The number of hydrogen-bond acceptors (Lipinski definition) is 4. The average Bonchev–Trinajstić information content (AvgIpc) is 2.78. The van der Waals surface area contributed by atoms with Crippen LogP contribution in [0.2, 0.25) is 0 Å². The molecule has 84 valence electrons. The van der Waals surface area contributed by atoms with E-state index in [0.29, 0.717) is 0 Å². The van der Waals surface area contributed by atoms with E-state index in [1.807, 2.05) is 17.5 Å². The molecule has 0 radical (unpaired) electrons. The summed E-state index contributed by atoms with van der Waals surface area (Å²) in [6, 6.07) is 7.82. The third-order valence-electron chi connectivity index (χ3n) is 2.40. The first-order valence-corrected chi connectivity index (χ1v) is 5.97. The molecule has 4 heteroatoms. The van der Waals surface area contributed by atoms with Crippen molar-refractivity contribution in [3.8, 4) is 10.6 Å². The van der Waals surface area contributed by atoms with Crippen LogP contribution in [0.25, 0.3) is 10.6 Å². The van der Waals surface area contributed by atoms with E-state index in [1.54, 1.807) is 11.3 Å². The van der Waals surface area contributed by atoms with Crippen molar-refractivity contribution in [3.05, 3.63) is 40.9 Å². The second-order valence-electron chi connectivity index (χ2n) is 3.73. The number of hydrogen-bond donors (Lipinski definition) is 2.